The molecule has 0 aliphatic carbocycles. The Hall–Kier alpha value is -1.85. The fraction of sp³-hybridized carbons (Fsp3) is 0.176. The van der Waals surface area contributed by atoms with Crippen molar-refractivity contribution < 1.29 is 9.18 Å². The first-order valence-electron chi connectivity index (χ1n) is 7.13. The molecular weight excluding hydrogens is 335 g/mol. The average molecular weight is 349 g/mol. The van der Waals surface area contributed by atoms with E-state index < -0.39 is 0 Å². The molecule has 0 unspecified atom stereocenters. The quantitative estimate of drug-likeness (QED) is 0.831. The molecule has 0 saturated carbocycles. The largest absolute Gasteiger partial charge is 0.286 e. The lowest BCUT2D eigenvalue weighted by atomic mass is 10.2. The summed E-state index contributed by atoms with van der Waals surface area (Å²) >= 11 is 7.57. The number of rotatable bonds is 3. The highest BCUT2D eigenvalue weighted by Crippen LogP contribution is 2.24. The molecule has 2 aromatic rings. The monoisotopic (exact) mass is 348 g/mol. The number of carbonyl (C=O) groups excluding carboxylic acids is 1. The van der Waals surface area contributed by atoms with E-state index in [4.69, 9.17) is 11.6 Å². The minimum atomic E-state index is -0.257. The Kier molecular flexibility index (Phi) is 4.98. The number of aliphatic imine (C=N–C) groups is 1. The van der Waals surface area contributed by atoms with Gasteiger partial charge in [0.1, 0.15) is 5.82 Å². The summed E-state index contributed by atoms with van der Waals surface area (Å²) in [6.07, 6.45) is 0. The maximum Gasteiger partial charge on any atom is 0.261 e. The minimum absolute atomic E-state index is 0.140. The van der Waals surface area contributed by atoms with Crippen molar-refractivity contribution in [2.45, 2.75) is 5.75 Å². The number of amidine groups is 1. The van der Waals surface area contributed by atoms with Gasteiger partial charge in [-0.25, -0.2) is 4.39 Å². The average Bonchev–Trinajstić information content (AvgIpc) is 3.03. The standard InChI is InChI=1S/C17H14ClFN2OS/c18-15-4-2-1-3-14(15)16(22)21-10-9-20-17(21)23-11-12-5-7-13(19)8-6-12/h1-8H,9-11H2. The number of halogens is 2. The number of hydrogen-bond donors (Lipinski definition) is 0. The Morgan fingerprint density at radius 3 is 2.70 bits per heavy atom. The van der Waals surface area contributed by atoms with Crippen LogP contribution in [0.3, 0.4) is 0 Å². The van der Waals surface area contributed by atoms with Crippen molar-refractivity contribution in [3.05, 3.63) is 70.5 Å². The summed E-state index contributed by atoms with van der Waals surface area (Å²) < 4.78 is 12.9. The van der Waals surface area contributed by atoms with Crippen LogP contribution in [0.4, 0.5) is 4.39 Å². The summed E-state index contributed by atoms with van der Waals surface area (Å²) in [6, 6.07) is 13.3. The number of amides is 1. The first-order chi connectivity index (χ1) is 11.1. The Morgan fingerprint density at radius 2 is 1.96 bits per heavy atom. The molecule has 2 aromatic carbocycles. The van der Waals surface area contributed by atoms with E-state index in [-0.39, 0.29) is 11.7 Å². The first-order valence-corrected chi connectivity index (χ1v) is 8.49. The molecular formula is C17H14ClFN2OS. The zero-order valence-electron chi connectivity index (χ0n) is 12.2. The van der Waals surface area contributed by atoms with Crippen molar-refractivity contribution in [3.63, 3.8) is 0 Å². The lowest BCUT2D eigenvalue weighted by molar-refractivity contribution is 0.0861. The number of benzene rings is 2. The molecule has 0 saturated heterocycles. The zero-order valence-corrected chi connectivity index (χ0v) is 13.8. The van der Waals surface area contributed by atoms with E-state index >= 15 is 0 Å². The highest BCUT2D eigenvalue weighted by Gasteiger charge is 2.26. The molecule has 1 heterocycles. The fourth-order valence-electron chi connectivity index (χ4n) is 2.25. The lowest BCUT2D eigenvalue weighted by Crippen LogP contribution is -2.33. The van der Waals surface area contributed by atoms with Gasteiger partial charge in [-0.3, -0.25) is 14.7 Å². The molecule has 0 fully saturated rings. The summed E-state index contributed by atoms with van der Waals surface area (Å²) in [5.74, 6) is 0.233. The Morgan fingerprint density at radius 1 is 1.22 bits per heavy atom. The second kappa shape index (κ2) is 7.15. The van der Waals surface area contributed by atoms with Crippen LogP contribution in [0.1, 0.15) is 15.9 Å². The number of carbonyl (C=O) groups is 1. The summed E-state index contributed by atoms with van der Waals surface area (Å²) in [7, 11) is 0. The molecule has 1 aliphatic heterocycles. The maximum atomic E-state index is 12.9. The Labute approximate surface area is 143 Å². The van der Waals surface area contributed by atoms with Crippen LogP contribution in [0.2, 0.25) is 5.02 Å². The zero-order chi connectivity index (χ0) is 16.2. The number of nitrogens with zero attached hydrogens (tertiary/aromatic N) is 2. The molecule has 0 atom stereocenters. The molecule has 23 heavy (non-hydrogen) atoms. The normalized spacial score (nSPS) is 14.0. The minimum Gasteiger partial charge on any atom is -0.286 e. The SMILES string of the molecule is O=C(c1ccccc1Cl)N1CCN=C1SCc1ccc(F)cc1. The molecule has 1 aliphatic rings. The van der Waals surface area contributed by atoms with Gasteiger partial charge in [0.25, 0.3) is 5.91 Å². The van der Waals surface area contributed by atoms with Gasteiger partial charge in [-0.1, -0.05) is 47.6 Å². The molecule has 0 radical (unpaired) electrons. The van der Waals surface area contributed by atoms with Crippen LogP contribution >= 0.6 is 23.4 Å². The van der Waals surface area contributed by atoms with Gasteiger partial charge in [-0.05, 0) is 29.8 Å². The van der Waals surface area contributed by atoms with Gasteiger partial charge in [0.2, 0.25) is 0 Å². The van der Waals surface area contributed by atoms with Crippen LogP contribution in [0.25, 0.3) is 0 Å². The Balaban J connectivity index is 1.69. The maximum absolute atomic E-state index is 12.9. The van der Waals surface area contributed by atoms with Crippen LogP contribution in [-0.4, -0.2) is 29.1 Å². The van der Waals surface area contributed by atoms with E-state index in [1.54, 1.807) is 41.3 Å². The van der Waals surface area contributed by atoms with Crippen LogP contribution < -0.4 is 0 Å². The molecule has 3 nitrogen and oxygen atoms in total. The molecule has 6 heteroatoms. The van der Waals surface area contributed by atoms with Crippen molar-refractivity contribution in [1.29, 1.82) is 0 Å². The van der Waals surface area contributed by atoms with Gasteiger partial charge in [0, 0.05) is 12.3 Å². The van der Waals surface area contributed by atoms with Crippen LogP contribution in [-0.2, 0) is 5.75 Å². The fourth-order valence-corrected chi connectivity index (χ4v) is 3.46. The third-order valence-corrected chi connectivity index (χ3v) is 4.85. The van der Waals surface area contributed by atoms with E-state index in [9.17, 15) is 9.18 Å². The van der Waals surface area contributed by atoms with Crippen molar-refractivity contribution in [2.75, 3.05) is 13.1 Å². The summed E-state index contributed by atoms with van der Waals surface area (Å²) in [6.45, 7) is 1.14. The van der Waals surface area contributed by atoms with E-state index in [0.717, 1.165) is 5.56 Å². The van der Waals surface area contributed by atoms with E-state index in [2.05, 4.69) is 4.99 Å². The third-order valence-electron chi connectivity index (χ3n) is 3.43. The van der Waals surface area contributed by atoms with Crippen LogP contribution in [0.15, 0.2) is 53.5 Å². The van der Waals surface area contributed by atoms with Crippen molar-refractivity contribution in [3.8, 4) is 0 Å². The molecule has 0 spiro atoms. The summed E-state index contributed by atoms with van der Waals surface area (Å²) in [5.41, 5.74) is 1.46. The van der Waals surface area contributed by atoms with Gasteiger partial charge in [0.05, 0.1) is 17.1 Å². The second-order valence-electron chi connectivity index (χ2n) is 5.02. The van der Waals surface area contributed by atoms with Crippen molar-refractivity contribution in [1.82, 2.24) is 4.90 Å². The van der Waals surface area contributed by atoms with Crippen molar-refractivity contribution >= 4 is 34.4 Å². The predicted molar refractivity (Wildman–Crippen MR) is 92.5 cm³/mol. The number of thioether (sulfide) groups is 1. The molecule has 0 N–H and O–H groups in total. The Bertz CT molecular complexity index is 749. The molecule has 0 aromatic heterocycles. The molecule has 118 valence electrons. The molecule has 1 amide bonds. The lowest BCUT2D eigenvalue weighted by Gasteiger charge is -2.18. The smallest absolute Gasteiger partial charge is 0.261 e. The van der Waals surface area contributed by atoms with E-state index in [1.165, 1.54) is 23.9 Å². The second-order valence-corrected chi connectivity index (χ2v) is 6.37. The highest BCUT2D eigenvalue weighted by molar-refractivity contribution is 8.13. The van der Waals surface area contributed by atoms with E-state index in [0.29, 0.717) is 34.6 Å². The van der Waals surface area contributed by atoms with Gasteiger partial charge < -0.3 is 0 Å². The van der Waals surface area contributed by atoms with Gasteiger partial charge >= 0.3 is 0 Å². The third kappa shape index (κ3) is 3.74. The van der Waals surface area contributed by atoms with Crippen LogP contribution in [0, 0.1) is 5.82 Å². The summed E-state index contributed by atoms with van der Waals surface area (Å²) in [4.78, 5) is 18.7. The molecule has 3 rings (SSSR count). The van der Waals surface area contributed by atoms with Gasteiger partial charge in [-0.2, -0.15) is 0 Å². The van der Waals surface area contributed by atoms with Crippen LogP contribution in [0.5, 0.6) is 0 Å². The summed E-state index contributed by atoms with van der Waals surface area (Å²) in [5, 5.41) is 1.12. The molecule has 0 bridgehead atoms. The number of hydrogen-bond acceptors (Lipinski definition) is 3. The predicted octanol–water partition coefficient (Wildman–Crippen LogP) is 4.22. The van der Waals surface area contributed by atoms with E-state index in [1.807, 2.05) is 0 Å². The van der Waals surface area contributed by atoms with Crippen molar-refractivity contribution in [2.24, 2.45) is 4.99 Å². The highest BCUT2D eigenvalue weighted by atomic mass is 35.5. The van der Waals surface area contributed by atoms with Gasteiger partial charge in [0.15, 0.2) is 5.17 Å². The first kappa shape index (κ1) is 16.0. The van der Waals surface area contributed by atoms with Gasteiger partial charge in [-0.15, -0.1) is 0 Å². The topological polar surface area (TPSA) is 32.7 Å².